The first kappa shape index (κ1) is 13.7. The van der Waals surface area contributed by atoms with Crippen LogP contribution in [0, 0.1) is 5.92 Å². The number of benzene rings is 1. The average molecular weight is 294 g/mol. The van der Waals surface area contributed by atoms with Gasteiger partial charge in [0, 0.05) is 18.8 Å². The summed E-state index contributed by atoms with van der Waals surface area (Å²) in [4.78, 5) is 13.8. The van der Waals surface area contributed by atoms with Gasteiger partial charge < -0.3 is 15.5 Å². The molecule has 1 atom stereocenters. The summed E-state index contributed by atoms with van der Waals surface area (Å²) >= 11 is 6.28. The third kappa shape index (κ3) is 2.91. The van der Waals surface area contributed by atoms with Gasteiger partial charge in [0.2, 0.25) is 5.91 Å². The molecule has 5 heteroatoms. The van der Waals surface area contributed by atoms with Gasteiger partial charge in [-0.2, -0.15) is 0 Å². The zero-order valence-corrected chi connectivity index (χ0v) is 12.5. The standard InChI is InChI=1S/C15H20ClN3O/c1-19-4-2-3-10(9-19)8-17-14-5-11-6-15(20)18-13(11)7-12(14)16/h5,7,10,17H,2-4,6,8-9H2,1H3,(H,18,20). The molecule has 4 nitrogen and oxygen atoms in total. The molecule has 1 aromatic rings. The van der Waals surface area contributed by atoms with Crippen molar-refractivity contribution in [3.63, 3.8) is 0 Å². The Labute approximate surface area is 124 Å². The zero-order chi connectivity index (χ0) is 14.1. The van der Waals surface area contributed by atoms with Crippen LogP contribution in [0.4, 0.5) is 11.4 Å². The summed E-state index contributed by atoms with van der Waals surface area (Å²) < 4.78 is 0. The van der Waals surface area contributed by atoms with Gasteiger partial charge in [-0.15, -0.1) is 0 Å². The van der Waals surface area contributed by atoms with Gasteiger partial charge in [0.25, 0.3) is 0 Å². The number of hydrogen-bond acceptors (Lipinski definition) is 3. The number of nitrogens with one attached hydrogen (secondary N) is 2. The maximum absolute atomic E-state index is 11.4. The highest BCUT2D eigenvalue weighted by atomic mass is 35.5. The van der Waals surface area contributed by atoms with Crippen LogP contribution in [-0.4, -0.2) is 37.5 Å². The summed E-state index contributed by atoms with van der Waals surface area (Å²) in [6, 6.07) is 3.85. The second kappa shape index (κ2) is 5.62. The minimum atomic E-state index is 0.0436. The van der Waals surface area contributed by atoms with Gasteiger partial charge in [0.05, 0.1) is 17.1 Å². The van der Waals surface area contributed by atoms with Crippen LogP contribution in [0.3, 0.4) is 0 Å². The molecule has 1 fully saturated rings. The van der Waals surface area contributed by atoms with Crippen LogP contribution < -0.4 is 10.6 Å². The van der Waals surface area contributed by atoms with Crippen LogP contribution in [0.15, 0.2) is 12.1 Å². The minimum Gasteiger partial charge on any atom is -0.384 e. The molecule has 0 aromatic heterocycles. The second-order valence-electron chi connectivity index (χ2n) is 5.87. The number of likely N-dealkylation sites (tertiary alicyclic amines) is 1. The lowest BCUT2D eigenvalue weighted by Gasteiger charge is -2.30. The van der Waals surface area contributed by atoms with Crippen molar-refractivity contribution in [2.75, 3.05) is 37.3 Å². The van der Waals surface area contributed by atoms with Crippen LogP contribution in [-0.2, 0) is 11.2 Å². The Bertz CT molecular complexity index is 532. The van der Waals surface area contributed by atoms with Crippen molar-refractivity contribution >= 4 is 28.9 Å². The highest BCUT2D eigenvalue weighted by Crippen LogP contribution is 2.33. The summed E-state index contributed by atoms with van der Waals surface area (Å²) in [5, 5.41) is 6.94. The molecule has 1 saturated heterocycles. The van der Waals surface area contributed by atoms with Crippen LogP contribution in [0.5, 0.6) is 0 Å². The molecule has 1 aromatic carbocycles. The van der Waals surface area contributed by atoms with E-state index in [1.807, 2.05) is 12.1 Å². The molecule has 2 aliphatic rings. The monoisotopic (exact) mass is 293 g/mol. The molecular weight excluding hydrogens is 274 g/mol. The molecule has 20 heavy (non-hydrogen) atoms. The fourth-order valence-corrected chi connectivity index (χ4v) is 3.31. The SMILES string of the molecule is CN1CCCC(CNc2cc3c(cc2Cl)NC(=O)C3)C1. The van der Waals surface area contributed by atoms with E-state index < -0.39 is 0 Å². The predicted molar refractivity (Wildman–Crippen MR) is 82.5 cm³/mol. The van der Waals surface area contributed by atoms with Crippen LogP contribution in [0.1, 0.15) is 18.4 Å². The zero-order valence-electron chi connectivity index (χ0n) is 11.7. The van der Waals surface area contributed by atoms with Gasteiger partial charge in [-0.05, 0) is 50.0 Å². The Kier molecular flexibility index (Phi) is 3.85. The van der Waals surface area contributed by atoms with Gasteiger partial charge in [0.1, 0.15) is 0 Å². The van der Waals surface area contributed by atoms with Gasteiger partial charge in [-0.3, -0.25) is 4.79 Å². The first-order valence-corrected chi connectivity index (χ1v) is 7.54. The number of rotatable bonds is 3. The van der Waals surface area contributed by atoms with Crippen molar-refractivity contribution in [3.8, 4) is 0 Å². The van der Waals surface area contributed by atoms with E-state index in [1.54, 1.807) is 0 Å². The lowest BCUT2D eigenvalue weighted by atomic mass is 9.98. The lowest BCUT2D eigenvalue weighted by Crippen LogP contribution is -2.35. The van der Waals surface area contributed by atoms with E-state index in [9.17, 15) is 4.79 Å². The quantitative estimate of drug-likeness (QED) is 0.900. The Hall–Kier alpha value is -1.26. The van der Waals surface area contributed by atoms with E-state index in [0.717, 1.165) is 30.0 Å². The Balaban J connectivity index is 1.66. The van der Waals surface area contributed by atoms with Gasteiger partial charge in [-0.1, -0.05) is 11.6 Å². The number of hydrogen-bond donors (Lipinski definition) is 2. The summed E-state index contributed by atoms with van der Waals surface area (Å²) in [5.74, 6) is 0.708. The molecule has 2 heterocycles. The van der Waals surface area contributed by atoms with Gasteiger partial charge in [0.15, 0.2) is 0 Å². The van der Waals surface area contributed by atoms with Crippen molar-refractivity contribution in [2.45, 2.75) is 19.3 Å². The maximum Gasteiger partial charge on any atom is 0.228 e. The smallest absolute Gasteiger partial charge is 0.228 e. The number of piperidine rings is 1. The number of anilines is 2. The summed E-state index contributed by atoms with van der Waals surface area (Å²) in [6.07, 6.45) is 2.98. The molecule has 0 saturated carbocycles. The molecular formula is C15H20ClN3O. The first-order chi connectivity index (χ1) is 9.61. The van der Waals surface area contributed by atoms with Crippen molar-refractivity contribution in [1.29, 1.82) is 0 Å². The predicted octanol–water partition coefficient (Wildman–Crippen LogP) is 2.59. The molecule has 3 rings (SSSR count). The number of fused-ring (bicyclic) bond motifs is 1. The average Bonchev–Trinajstić information content (AvgIpc) is 2.75. The van der Waals surface area contributed by atoms with E-state index >= 15 is 0 Å². The maximum atomic E-state index is 11.4. The molecule has 0 bridgehead atoms. The molecule has 2 N–H and O–H groups in total. The third-order valence-corrected chi connectivity index (χ3v) is 4.43. The van der Waals surface area contributed by atoms with Crippen molar-refractivity contribution in [1.82, 2.24) is 4.90 Å². The van der Waals surface area contributed by atoms with E-state index in [4.69, 9.17) is 11.6 Å². The highest BCUT2D eigenvalue weighted by Gasteiger charge is 2.21. The number of carbonyl (C=O) groups is 1. The van der Waals surface area contributed by atoms with Gasteiger partial charge in [-0.25, -0.2) is 0 Å². The lowest BCUT2D eigenvalue weighted by molar-refractivity contribution is -0.115. The van der Waals surface area contributed by atoms with Crippen molar-refractivity contribution < 1.29 is 4.79 Å². The van der Waals surface area contributed by atoms with Crippen LogP contribution >= 0.6 is 11.6 Å². The minimum absolute atomic E-state index is 0.0436. The molecule has 0 radical (unpaired) electrons. The van der Waals surface area contributed by atoms with Crippen LogP contribution in [0.25, 0.3) is 0 Å². The summed E-state index contributed by atoms with van der Waals surface area (Å²) in [5.41, 5.74) is 2.82. The number of nitrogens with zero attached hydrogens (tertiary/aromatic N) is 1. The molecule has 0 spiro atoms. The summed E-state index contributed by atoms with van der Waals surface area (Å²) in [6.45, 7) is 3.27. The Morgan fingerprint density at radius 2 is 2.35 bits per heavy atom. The molecule has 1 unspecified atom stereocenters. The highest BCUT2D eigenvalue weighted by molar-refractivity contribution is 6.33. The van der Waals surface area contributed by atoms with E-state index in [2.05, 4.69) is 22.6 Å². The Morgan fingerprint density at radius 1 is 1.50 bits per heavy atom. The Morgan fingerprint density at radius 3 is 3.15 bits per heavy atom. The fourth-order valence-electron chi connectivity index (χ4n) is 3.08. The number of halogens is 1. The van der Waals surface area contributed by atoms with E-state index in [-0.39, 0.29) is 5.91 Å². The summed E-state index contributed by atoms with van der Waals surface area (Å²) in [7, 11) is 2.17. The van der Waals surface area contributed by atoms with Crippen LogP contribution in [0.2, 0.25) is 5.02 Å². The molecule has 108 valence electrons. The first-order valence-electron chi connectivity index (χ1n) is 7.16. The third-order valence-electron chi connectivity index (χ3n) is 4.12. The molecule has 1 amide bonds. The topological polar surface area (TPSA) is 44.4 Å². The van der Waals surface area contributed by atoms with Crippen molar-refractivity contribution in [2.24, 2.45) is 5.92 Å². The van der Waals surface area contributed by atoms with Crippen molar-refractivity contribution in [3.05, 3.63) is 22.7 Å². The van der Waals surface area contributed by atoms with E-state index in [0.29, 0.717) is 17.4 Å². The second-order valence-corrected chi connectivity index (χ2v) is 6.27. The largest absolute Gasteiger partial charge is 0.384 e. The molecule has 2 aliphatic heterocycles. The van der Waals surface area contributed by atoms with Gasteiger partial charge >= 0.3 is 0 Å². The normalized spacial score (nSPS) is 22.5. The fraction of sp³-hybridized carbons (Fsp3) is 0.533. The molecule has 0 aliphatic carbocycles. The number of carbonyl (C=O) groups excluding carboxylic acids is 1. The van der Waals surface area contributed by atoms with E-state index in [1.165, 1.54) is 19.4 Å². The number of amides is 1.